The Morgan fingerprint density at radius 2 is 2.21 bits per heavy atom. The van der Waals surface area contributed by atoms with Crippen molar-refractivity contribution in [2.45, 2.75) is 26.3 Å². The van der Waals surface area contributed by atoms with Gasteiger partial charge in [0.2, 0.25) is 0 Å². The summed E-state index contributed by atoms with van der Waals surface area (Å²) in [4.78, 5) is 0. The van der Waals surface area contributed by atoms with E-state index in [0.29, 0.717) is 0 Å². The summed E-state index contributed by atoms with van der Waals surface area (Å²) < 4.78 is 0. The van der Waals surface area contributed by atoms with Crippen LogP contribution in [0.15, 0.2) is 30.4 Å². The van der Waals surface area contributed by atoms with Crippen molar-refractivity contribution in [2.24, 2.45) is 5.73 Å². The van der Waals surface area contributed by atoms with Crippen LogP contribution >= 0.6 is 11.6 Å². The maximum Gasteiger partial charge on any atom is 0.0438 e. The SMILES string of the molecule is C=C(C)C[C@H](N)c1ccc(C)c(Cl)c1. The lowest BCUT2D eigenvalue weighted by Crippen LogP contribution is -2.10. The summed E-state index contributed by atoms with van der Waals surface area (Å²) in [6.45, 7) is 7.81. The number of aryl methyl sites for hydroxylation is 1. The predicted molar refractivity (Wildman–Crippen MR) is 62.5 cm³/mol. The third-order valence-electron chi connectivity index (χ3n) is 2.19. The van der Waals surface area contributed by atoms with Gasteiger partial charge in [0, 0.05) is 11.1 Å². The minimum atomic E-state index is 0.00519. The van der Waals surface area contributed by atoms with E-state index in [0.717, 1.165) is 28.1 Å². The van der Waals surface area contributed by atoms with Crippen molar-refractivity contribution >= 4 is 11.6 Å². The molecular formula is C12H16ClN. The van der Waals surface area contributed by atoms with Gasteiger partial charge in [0.25, 0.3) is 0 Å². The predicted octanol–water partition coefficient (Wildman–Crippen LogP) is 3.61. The molecule has 0 aliphatic rings. The Kier molecular flexibility index (Phi) is 3.73. The van der Waals surface area contributed by atoms with Crippen molar-refractivity contribution in [3.8, 4) is 0 Å². The molecule has 0 heterocycles. The van der Waals surface area contributed by atoms with Crippen LogP contribution in [0.5, 0.6) is 0 Å². The summed E-state index contributed by atoms with van der Waals surface area (Å²) in [5.41, 5.74) is 9.24. The molecule has 0 radical (unpaired) electrons. The molecule has 0 saturated heterocycles. The summed E-state index contributed by atoms with van der Waals surface area (Å²) in [5.74, 6) is 0. The quantitative estimate of drug-likeness (QED) is 0.757. The van der Waals surface area contributed by atoms with Crippen molar-refractivity contribution in [1.82, 2.24) is 0 Å². The number of benzene rings is 1. The lowest BCUT2D eigenvalue weighted by atomic mass is 10.0. The molecule has 1 nitrogen and oxygen atoms in total. The van der Waals surface area contributed by atoms with Gasteiger partial charge in [0.1, 0.15) is 0 Å². The van der Waals surface area contributed by atoms with E-state index < -0.39 is 0 Å². The third-order valence-corrected chi connectivity index (χ3v) is 2.60. The fraction of sp³-hybridized carbons (Fsp3) is 0.333. The summed E-state index contributed by atoms with van der Waals surface area (Å²) in [6.07, 6.45) is 0.805. The minimum Gasteiger partial charge on any atom is -0.324 e. The molecule has 76 valence electrons. The molecule has 0 amide bonds. The molecule has 0 unspecified atom stereocenters. The van der Waals surface area contributed by atoms with Gasteiger partial charge in [0.15, 0.2) is 0 Å². The normalized spacial score (nSPS) is 12.6. The molecule has 1 aromatic carbocycles. The molecule has 2 heteroatoms. The Morgan fingerprint density at radius 1 is 1.57 bits per heavy atom. The van der Waals surface area contributed by atoms with E-state index in [2.05, 4.69) is 6.58 Å². The number of hydrogen-bond donors (Lipinski definition) is 1. The first-order chi connectivity index (χ1) is 6.50. The van der Waals surface area contributed by atoms with Gasteiger partial charge in [-0.3, -0.25) is 0 Å². The van der Waals surface area contributed by atoms with Crippen LogP contribution in [0.4, 0.5) is 0 Å². The average molecular weight is 210 g/mol. The molecule has 0 bridgehead atoms. The minimum absolute atomic E-state index is 0.00519. The molecule has 0 saturated carbocycles. The Morgan fingerprint density at radius 3 is 2.71 bits per heavy atom. The van der Waals surface area contributed by atoms with Gasteiger partial charge >= 0.3 is 0 Å². The number of rotatable bonds is 3. The van der Waals surface area contributed by atoms with E-state index >= 15 is 0 Å². The first kappa shape index (κ1) is 11.3. The van der Waals surface area contributed by atoms with Crippen LogP contribution in [0.1, 0.15) is 30.5 Å². The Bertz CT molecular complexity index is 344. The van der Waals surface area contributed by atoms with Gasteiger partial charge in [-0.05, 0) is 37.5 Å². The highest BCUT2D eigenvalue weighted by molar-refractivity contribution is 6.31. The van der Waals surface area contributed by atoms with Crippen molar-refractivity contribution < 1.29 is 0 Å². The zero-order chi connectivity index (χ0) is 10.7. The molecule has 0 aromatic heterocycles. The Balaban J connectivity index is 2.85. The summed E-state index contributed by atoms with van der Waals surface area (Å²) >= 11 is 6.02. The molecule has 2 N–H and O–H groups in total. The standard InChI is InChI=1S/C12H16ClN/c1-8(2)6-12(14)10-5-4-9(3)11(13)7-10/h4-5,7,12H,1,6,14H2,2-3H3/t12-/m0/s1. The van der Waals surface area contributed by atoms with Gasteiger partial charge < -0.3 is 5.73 Å². The molecule has 0 aliphatic carbocycles. The third kappa shape index (κ3) is 2.86. The molecule has 0 aliphatic heterocycles. The first-order valence-electron chi connectivity index (χ1n) is 4.66. The number of nitrogens with two attached hydrogens (primary N) is 1. The smallest absolute Gasteiger partial charge is 0.0438 e. The van der Waals surface area contributed by atoms with Gasteiger partial charge in [-0.1, -0.05) is 29.3 Å². The van der Waals surface area contributed by atoms with E-state index in [9.17, 15) is 0 Å². The van der Waals surface area contributed by atoms with Gasteiger partial charge in [-0.25, -0.2) is 0 Å². The van der Waals surface area contributed by atoms with E-state index in [-0.39, 0.29) is 6.04 Å². The van der Waals surface area contributed by atoms with Crippen LogP contribution in [-0.2, 0) is 0 Å². The zero-order valence-corrected chi connectivity index (χ0v) is 9.43. The number of hydrogen-bond acceptors (Lipinski definition) is 1. The summed E-state index contributed by atoms with van der Waals surface area (Å²) in [7, 11) is 0. The Hall–Kier alpha value is -0.790. The van der Waals surface area contributed by atoms with Crippen LogP contribution in [0.2, 0.25) is 5.02 Å². The molecule has 1 atom stereocenters. The fourth-order valence-corrected chi connectivity index (χ4v) is 1.52. The Labute approximate surface area is 90.6 Å². The number of halogens is 1. The second-order valence-electron chi connectivity index (χ2n) is 3.78. The fourth-order valence-electron chi connectivity index (χ4n) is 1.33. The topological polar surface area (TPSA) is 26.0 Å². The van der Waals surface area contributed by atoms with Crippen LogP contribution < -0.4 is 5.73 Å². The van der Waals surface area contributed by atoms with E-state index in [1.807, 2.05) is 32.0 Å². The molecule has 14 heavy (non-hydrogen) atoms. The summed E-state index contributed by atoms with van der Waals surface area (Å²) in [6, 6.07) is 5.96. The molecule has 1 rings (SSSR count). The lowest BCUT2D eigenvalue weighted by molar-refractivity contribution is 0.717. The van der Waals surface area contributed by atoms with Crippen molar-refractivity contribution in [3.05, 3.63) is 46.5 Å². The lowest BCUT2D eigenvalue weighted by Gasteiger charge is -2.12. The molecule has 0 fully saturated rings. The molecule has 0 spiro atoms. The van der Waals surface area contributed by atoms with Crippen LogP contribution in [0.3, 0.4) is 0 Å². The molecular weight excluding hydrogens is 194 g/mol. The monoisotopic (exact) mass is 209 g/mol. The highest BCUT2D eigenvalue weighted by Gasteiger charge is 2.07. The van der Waals surface area contributed by atoms with E-state index in [1.54, 1.807) is 0 Å². The highest BCUT2D eigenvalue weighted by atomic mass is 35.5. The largest absolute Gasteiger partial charge is 0.324 e. The van der Waals surface area contributed by atoms with Gasteiger partial charge in [-0.2, -0.15) is 0 Å². The maximum atomic E-state index is 6.02. The first-order valence-corrected chi connectivity index (χ1v) is 5.04. The van der Waals surface area contributed by atoms with Crippen LogP contribution in [-0.4, -0.2) is 0 Å². The van der Waals surface area contributed by atoms with Crippen molar-refractivity contribution in [2.75, 3.05) is 0 Å². The van der Waals surface area contributed by atoms with Crippen molar-refractivity contribution in [1.29, 1.82) is 0 Å². The maximum absolute atomic E-state index is 6.02. The zero-order valence-electron chi connectivity index (χ0n) is 8.68. The van der Waals surface area contributed by atoms with Crippen LogP contribution in [0.25, 0.3) is 0 Å². The van der Waals surface area contributed by atoms with E-state index in [4.69, 9.17) is 17.3 Å². The molecule has 1 aromatic rings. The van der Waals surface area contributed by atoms with Gasteiger partial charge in [0.05, 0.1) is 0 Å². The second-order valence-corrected chi connectivity index (χ2v) is 4.18. The van der Waals surface area contributed by atoms with Crippen molar-refractivity contribution in [3.63, 3.8) is 0 Å². The summed E-state index contributed by atoms with van der Waals surface area (Å²) in [5, 5.41) is 0.777. The van der Waals surface area contributed by atoms with E-state index in [1.165, 1.54) is 0 Å². The highest BCUT2D eigenvalue weighted by Crippen LogP contribution is 2.23. The average Bonchev–Trinajstić information content (AvgIpc) is 2.08. The second kappa shape index (κ2) is 4.63. The van der Waals surface area contributed by atoms with Gasteiger partial charge in [-0.15, -0.1) is 6.58 Å². The van der Waals surface area contributed by atoms with Crippen LogP contribution in [0, 0.1) is 6.92 Å².